The van der Waals surface area contributed by atoms with Gasteiger partial charge in [0.1, 0.15) is 18.1 Å². The zero-order valence-corrected chi connectivity index (χ0v) is 10.3. The predicted octanol–water partition coefficient (Wildman–Crippen LogP) is 0.667. The molecule has 1 saturated heterocycles. The van der Waals surface area contributed by atoms with Crippen LogP contribution >= 0.6 is 0 Å². The van der Waals surface area contributed by atoms with Crippen molar-refractivity contribution in [2.24, 2.45) is 0 Å². The van der Waals surface area contributed by atoms with Crippen LogP contribution in [0.1, 0.15) is 6.42 Å². The third-order valence-electron chi connectivity index (χ3n) is 2.88. The topological polar surface area (TPSA) is 59.0 Å². The van der Waals surface area contributed by atoms with Crippen molar-refractivity contribution in [1.29, 1.82) is 0 Å². The van der Waals surface area contributed by atoms with Gasteiger partial charge in [-0.25, -0.2) is 0 Å². The lowest BCUT2D eigenvalue weighted by Crippen LogP contribution is -2.30. The largest absolute Gasteiger partial charge is 0.497 e. The van der Waals surface area contributed by atoms with Crippen molar-refractivity contribution in [3.05, 3.63) is 24.3 Å². The number of rotatable bonds is 5. The van der Waals surface area contributed by atoms with Crippen LogP contribution in [0, 0.1) is 0 Å². The zero-order valence-electron chi connectivity index (χ0n) is 10.3. The number of methoxy groups -OCH3 is 1. The van der Waals surface area contributed by atoms with Gasteiger partial charge in [-0.3, -0.25) is 4.79 Å². The van der Waals surface area contributed by atoms with Crippen LogP contribution in [0.25, 0.3) is 0 Å². The maximum atomic E-state index is 11.4. The first-order valence-corrected chi connectivity index (χ1v) is 5.91. The fraction of sp³-hybridized carbons (Fsp3) is 0.462. The summed E-state index contributed by atoms with van der Waals surface area (Å²) >= 11 is 0. The van der Waals surface area contributed by atoms with Crippen LogP contribution in [-0.4, -0.2) is 48.8 Å². The molecule has 0 radical (unpaired) electrons. The number of carbonyl (C=O) groups is 1. The molecule has 98 valence electrons. The van der Waals surface area contributed by atoms with Gasteiger partial charge < -0.3 is 19.5 Å². The predicted molar refractivity (Wildman–Crippen MR) is 65.7 cm³/mol. The summed E-state index contributed by atoms with van der Waals surface area (Å²) in [6.45, 7) is 1.33. The summed E-state index contributed by atoms with van der Waals surface area (Å²) in [7, 11) is 1.61. The number of carbonyl (C=O) groups excluding carboxylic acids is 1. The van der Waals surface area contributed by atoms with Crippen LogP contribution in [0.3, 0.4) is 0 Å². The summed E-state index contributed by atoms with van der Waals surface area (Å²) in [5.74, 6) is 1.50. The Morgan fingerprint density at radius 1 is 1.33 bits per heavy atom. The maximum absolute atomic E-state index is 11.4. The molecule has 1 atom stereocenters. The first-order valence-electron chi connectivity index (χ1n) is 5.91. The van der Waals surface area contributed by atoms with Gasteiger partial charge in [-0.1, -0.05) is 0 Å². The van der Waals surface area contributed by atoms with E-state index < -0.39 is 6.10 Å². The molecule has 5 nitrogen and oxygen atoms in total. The number of amides is 1. The molecule has 1 N–H and O–H groups in total. The summed E-state index contributed by atoms with van der Waals surface area (Å²) in [5.41, 5.74) is 0. The molecule has 0 bridgehead atoms. The fourth-order valence-electron chi connectivity index (χ4n) is 1.91. The maximum Gasteiger partial charge on any atom is 0.225 e. The van der Waals surface area contributed by atoms with E-state index in [1.165, 1.54) is 0 Å². The van der Waals surface area contributed by atoms with Crippen molar-refractivity contribution in [2.75, 3.05) is 26.8 Å². The minimum atomic E-state index is -0.529. The van der Waals surface area contributed by atoms with Crippen molar-refractivity contribution in [3.8, 4) is 11.5 Å². The number of aliphatic hydroxyl groups is 1. The van der Waals surface area contributed by atoms with Crippen molar-refractivity contribution in [1.82, 2.24) is 4.90 Å². The van der Waals surface area contributed by atoms with Gasteiger partial charge in [0.2, 0.25) is 5.91 Å². The minimum Gasteiger partial charge on any atom is -0.497 e. The Balaban J connectivity index is 1.76. The standard InChI is InChI=1S/C13H17NO4/c1-17-11-2-4-12(5-3-11)18-7-6-14-9-10(15)8-13(14)16/h2-5,10,15H,6-9H2,1H3. The molecule has 0 saturated carbocycles. The van der Waals surface area contributed by atoms with Crippen LogP contribution in [0.5, 0.6) is 11.5 Å². The average molecular weight is 251 g/mol. The molecule has 1 fully saturated rings. The normalized spacial score (nSPS) is 19.1. The zero-order chi connectivity index (χ0) is 13.0. The monoisotopic (exact) mass is 251 g/mol. The summed E-state index contributed by atoms with van der Waals surface area (Å²) in [4.78, 5) is 13.0. The van der Waals surface area contributed by atoms with Crippen LogP contribution in [0.2, 0.25) is 0 Å². The molecule has 0 aliphatic carbocycles. The molecular weight excluding hydrogens is 234 g/mol. The molecule has 1 unspecified atom stereocenters. The molecule has 1 aromatic carbocycles. The average Bonchev–Trinajstić information content (AvgIpc) is 2.69. The fourth-order valence-corrected chi connectivity index (χ4v) is 1.91. The molecular formula is C13H17NO4. The van der Waals surface area contributed by atoms with Gasteiger partial charge in [0, 0.05) is 6.54 Å². The van der Waals surface area contributed by atoms with Gasteiger partial charge in [0.05, 0.1) is 26.2 Å². The van der Waals surface area contributed by atoms with Crippen molar-refractivity contribution >= 4 is 5.91 Å². The van der Waals surface area contributed by atoms with Crippen LogP contribution < -0.4 is 9.47 Å². The Kier molecular flexibility index (Phi) is 4.04. The molecule has 5 heteroatoms. The number of likely N-dealkylation sites (tertiary alicyclic amines) is 1. The quantitative estimate of drug-likeness (QED) is 0.835. The number of benzene rings is 1. The molecule has 1 amide bonds. The molecule has 1 heterocycles. The van der Waals surface area contributed by atoms with Gasteiger partial charge in [-0.15, -0.1) is 0 Å². The van der Waals surface area contributed by atoms with Gasteiger partial charge in [0.25, 0.3) is 0 Å². The number of β-amino-alcohol motifs (C(OH)–C–C–N with tert-alkyl or cyclic N) is 1. The highest BCUT2D eigenvalue weighted by atomic mass is 16.5. The summed E-state index contributed by atoms with van der Waals surface area (Å²) in [6.07, 6.45) is -0.304. The second-order valence-corrected chi connectivity index (χ2v) is 4.22. The third-order valence-corrected chi connectivity index (χ3v) is 2.88. The number of aliphatic hydroxyl groups excluding tert-OH is 1. The molecule has 0 spiro atoms. The van der Waals surface area contributed by atoms with E-state index in [1.807, 2.05) is 24.3 Å². The lowest BCUT2D eigenvalue weighted by Gasteiger charge is -2.16. The van der Waals surface area contributed by atoms with E-state index in [2.05, 4.69) is 0 Å². The van der Waals surface area contributed by atoms with E-state index >= 15 is 0 Å². The summed E-state index contributed by atoms with van der Waals surface area (Å²) in [5, 5.41) is 9.33. The first-order chi connectivity index (χ1) is 8.69. The SMILES string of the molecule is COc1ccc(OCCN2CC(O)CC2=O)cc1. The molecule has 18 heavy (non-hydrogen) atoms. The Bertz CT molecular complexity index is 404. The highest BCUT2D eigenvalue weighted by Gasteiger charge is 2.27. The van der Waals surface area contributed by atoms with Gasteiger partial charge in [0.15, 0.2) is 0 Å². The minimum absolute atomic E-state index is 0.0131. The highest BCUT2D eigenvalue weighted by Crippen LogP contribution is 2.17. The first kappa shape index (κ1) is 12.7. The van der Waals surface area contributed by atoms with Crippen molar-refractivity contribution in [2.45, 2.75) is 12.5 Å². The smallest absolute Gasteiger partial charge is 0.225 e. The number of nitrogens with zero attached hydrogens (tertiary/aromatic N) is 1. The van der Waals surface area contributed by atoms with Gasteiger partial charge in [-0.05, 0) is 24.3 Å². The van der Waals surface area contributed by atoms with Gasteiger partial charge >= 0.3 is 0 Å². The lowest BCUT2D eigenvalue weighted by atomic mass is 10.3. The third kappa shape index (κ3) is 3.13. The van der Waals surface area contributed by atoms with E-state index in [-0.39, 0.29) is 12.3 Å². The van der Waals surface area contributed by atoms with Crippen LogP contribution in [0.15, 0.2) is 24.3 Å². The van der Waals surface area contributed by atoms with E-state index in [0.717, 1.165) is 11.5 Å². The molecule has 1 aliphatic rings. The Labute approximate surface area is 106 Å². The molecule has 0 aromatic heterocycles. The van der Waals surface area contributed by atoms with E-state index in [0.29, 0.717) is 19.7 Å². The highest BCUT2D eigenvalue weighted by molar-refractivity contribution is 5.78. The molecule has 2 rings (SSSR count). The molecule has 1 aliphatic heterocycles. The van der Waals surface area contributed by atoms with Crippen LogP contribution in [-0.2, 0) is 4.79 Å². The summed E-state index contributed by atoms with van der Waals surface area (Å²) < 4.78 is 10.6. The molecule has 1 aromatic rings. The number of hydrogen-bond donors (Lipinski definition) is 1. The van der Waals surface area contributed by atoms with Gasteiger partial charge in [-0.2, -0.15) is 0 Å². The van der Waals surface area contributed by atoms with E-state index in [9.17, 15) is 9.90 Å². The second-order valence-electron chi connectivity index (χ2n) is 4.22. The number of hydrogen-bond acceptors (Lipinski definition) is 4. The van der Waals surface area contributed by atoms with E-state index in [1.54, 1.807) is 12.0 Å². The van der Waals surface area contributed by atoms with Crippen molar-refractivity contribution < 1.29 is 19.4 Å². The van der Waals surface area contributed by atoms with Crippen molar-refractivity contribution in [3.63, 3.8) is 0 Å². The second kappa shape index (κ2) is 5.73. The van der Waals surface area contributed by atoms with Crippen LogP contribution in [0.4, 0.5) is 0 Å². The lowest BCUT2D eigenvalue weighted by molar-refractivity contribution is -0.128. The van der Waals surface area contributed by atoms with E-state index in [4.69, 9.17) is 9.47 Å². The summed E-state index contributed by atoms with van der Waals surface area (Å²) in [6, 6.07) is 7.28. The Hall–Kier alpha value is -1.75. The number of ether oxygens (including phenoxy) is 2. The Morgan fingerprint density at radius 3 is 2.56 bits per heavy atom. The Morgan fingerprint density at radius 2 is 2.00 bits per heavy atom.